The highest BCUT2D eigenvalue weighted by Gasteiger charge is 2.21. The van der Waals surface area contributed by atoms with Gasteiger partial charge in [-0.3, -0.25) is 9.69 Å². The molecule has 3 heterocycles. The number of β-amino-alcohol motifs (C(OH)–C–C–N with tert-alkyl or cyclic N) is 1. The Balaban J connectivity index is 1.48. The standard InChI is InChI=1S/C24H31N7O2S/c1-16-6-5-7-17(2)22(16)28-23(33)19-15-25-24(34-19)29(4)20-14-21(27-18(3)26-20)31-10-8-30(9-11-31)12-13-32/h5-7,14-15,32H,8-13H2,1-4H3,(H,28,33). The van der Waals surface area contributed by atoms with Crippen molar-refractivity contribution in [1.29, 1.82) is 0 Å². The second-order valence-electron chi connectivity index (χ2n) is 8.47. The van der Waals surface area contributed by atoms with Crippen LogP contribution in [0, 0.1) is 20.8 Å². The Morgan fingerprint density at radius 1 is 1.15 bits per heavy atom. The fourth-order valence-corrected chi connectivity index (χ4v) is 4.80. The number of hydrogen-bond acceptors (Lipinski definition) is 9. The average Bonchev–Trinajstić information content (AvgIpc) is 3.32. The van der Waals surface area contributed by atoms with E-state index in [1.165, 1.54) is 11.3 Å². The molecule has 2 aromatic heterocycles. The number of benzene rings is 1. The lowest BCUT2D eigenvalue weighted by atomic mass is 10.1. The van der Waals surface area contributed by atoms with Crippen molar-refractivity contribution in [3.63, 3.8) is 0 Å². The summed E-state index contributed by atoms with van der Waals surface area (Å²) in [6.07, 6.45) is 1.61. The van der Waals surface area contributed by atoms with Gasteiger partial charge in [-0.15, -0.1) is 0 Å². The van der Waals surface area contributed by atoms with E-state index in [0.717, 1.165) is 54.6 Å². The minimum Gasteiger partial charge on any atom is -0.395 e. The molecule has 1 fully saturated rings. The summed E-state index contributed by atoms with van der Waals surface area (Å²) in [6, 6.07) is 7.91. The van der Waals surface area contributed by atoms with Gasteiger partial charge in [-0.05, 0) is 31.9 Å². The molecule has 0 bridgehead atoms. The van der Waals surface area contributed by atoms with E-state index < -0.39 is 0 Å². The lowest BCUT2D eigenvalue weighted by Crippen LogP contribution is -2.47. The monoisotopic (exact) mass is 481 g/mol. The number of aliphatic hydroxyl groups excluding tert-OH is 1. The number of aryl methyl sites for hydroxylation is 3. The molecular formula is C24H31N7O2S. The fourth-order valence-electron chi connectivity index (χ4n) is 4.02. The van der Waals surface area contributed by atoms with Crippen LogP contribution in [0.5, 0.6) is 0 Å². The smallest absolute Gasteiger partial charge is 0.267 e. The van der Waals surface area contributed by atoms with Crippen molar-refractivity contribution in [2.75, 3.05) is 61.5 Å². The number of nitrogens with one attached hydrogen (secondary N) is 1. The highest BCUT2D eigenvalue weighted by Crippen LogP contribution is 2.30. The zero-order valence-corrected chi connectivity index (χ0v) is 20.9. The van der Waals surface area contributed by atoms with Gasteiger partial charge in [0.2, 0.25) is 0 Å². The van der Waals surface area contributed by atoms with Crippen molar-refractivity contribution in [3.05, 3.63) is 52.3 Å². The number of rotatable bonds is 7. The predicted molar refractivity (Wildman–Crippen MR) is 137 cm³/mol. The van der Waals surface area contributed by atoms with Gasteiger partial charge >= 0.3 is 0 Å². The molecule has 0 saturated carbocycles. The summed E-state index contributed by atoms with van der Waals surface area (Å²) >= 11 is 1.33. The van der Waals surface area contributed by atoms with Crippen molar-refractivity contribution in [2.24, 2.45) is 0 Å². The first-order chi connectivity index (χ1) is 16.4. The Kier molecular flexibility index (Phi) is 7.40. The molecule has 1 aliphatic rings. The first-order valence-electron chi connectivity index (χ1n) is 11.4. The van der Waals surface area contributed by atoms with Crippen molar-refractivity contribution >= 4 is 39.7 Å². The number of hydrogen-bond donors (Lipinski definition) is 2. The molecule has 0 atom stereocenters. The van der Waals surface area contributed by atoms with Crippen molar-refractivity contribution in [2.45, 2.75) is 20.8 Å². The van der Waals surface area contributed by atoms with E-state index in [0.29, 0.717) is 22.4 Å². The minimum atomic E-state index is -0.171. The van der Waals surface area contributed by atoms with Crippen LogP contribution in [0.4, 0.5) is 22.5 Å². The van der Waals surface area contributed by atoms with Gasteiger partial charge in [0.05, 0.1) is 12.8 Å². The number of amides is 1. The summed E-state index contributed by atoms with van der Waals surface area (Å²) in [5.74, 6) is 2.12. The molecular weight excluding hydrogens is 450 g/mol. The molecule has 0 spiro atoms. The number of para-hydroxylation sites is 1. The van der Waals surface area contributed by atoms with E-state index in [-0.39, 0.29) is 12.5 Å². The molecule has 34 heavy (non-hydrogen) atoms. The molecule has 10 heteroatoms. The SMILES string of the molecule is Cc1nc(N2CCN(CCO)CC2)cc(N(C)c2ncc(C(=O)Nc3c(C)cccc3C)s2)n1. The molecule has 1 saturated heterocycles. The molecule has 0 unspecified atom stereocenters. The van der Waals surface area contributed by atoms with Crippen LogP contribution >= 0.6 is 11.3 Å². The second-order valence-corrected chi connectivity index (χ2v) is 9.48. The molecule has 1 amide bonds. The quantitative estimate of drug-likeness (QED) is 0.532. The molecule has 0 radical (unpaired) electrons. The van der Waals surface area contributed by atoms with Crippen LogP contribution in [0.15, 0.2) is 30.5 Å². The minimum absolute atomic E-state index is 0.171. The van der Waals surface area contributed by atoms with E-state index in [2.05, 4.69) is 30.1 Å². The third kappa shape index (κ3) is 5.35. The maximum absolute atomic E-state index is 12.9. The normalized spacial score (nSPS) is 14.3. The lowest BCUT2D eigenvalue weighted by molar-refractivity contribution is 0.103. The summed E-state index contributed by atoms with van der Waals surface area (Å²) in [6.45, 7) is 10.2. The van der Waals surface area contributed by atoms with Gasteiger partial charge in [0.1, 0.15) is 22.3 Å². The molecule has 9 nitrogen and oxygen atoms in total. The number of carbonyl (C=O) groups excluding carboxylic acids is 1. The second kappa shape index (κ2) is 10.5. The van der Waals surface area contributed by atoms with E-state index in [1.807, 2.05) is 57.0 Å². The summed E-state index contributed by atoms with van der Waals surface area (Å²) in [7, 11) is 1.90. The van der Waals surface area contributed by atoms with E-state index in [4.69, 9.17) is 5.11 Å². The first-order valence-corrected chi connectivity index (χ1v) is 12.2. The Morgan fingerprint density at radius 2 is 1.85 bits per heavy atom. The Labute approximate surface area is 204 Å². The topological polar surface area (TPSA) is 97.7 Å². The lowest BCUT2D eigenvalue weighted by Gasteiger charge is -2.35. The van der Waals surface area contributed by atoms with Crippen LogP contribution < -0.4 is 15.1 Å². The number of thiazole rings is 1. The van der Waals surface area contributed by atoms with Crippen LogP contribution in [-0.4, -0.2) is 77.2 Å². The van der Waals surface area contributed by atoms with Crippen molar-refractivity contribution < 1.29 is 9.90 Å². The van der Waals surface area contributed by atoms with Gasteiger partial charge in [0.25, 0.3) is 5.91 Å². The number of aromatic nitrogens is 3. The summed E-state index contributed by atoms with van der Waals surface area (Å²) in [5.41, 5.74) is 2.89. The Morgan fingerprint density at radius 3 is 2.53 bits per heavy atom. The number of nitrogens with zero attached hydrogens (tertiary/aromatic N) is 6. The molecule has 2 N–H and O–H groups in total. The number of carbonyl (C=O) groups is 1. The van der Waals surface area contributed by atoms with Gasteiger partial charge in [0.15, 0.2) is 5.13 Å². The third-order valence-electron chi connectivity index (χ3n) is 5.99. The van der Waals surface area contributed by atoms with Gasteiger partial charge in [-0.1, -0.05) is 29.5 Å². The molecule has 1 aromatic carbocycles. The van der Waals surface area contributed by atoms with Crippen molar-refractivity contribution in [1.82, 2.24) is 19.9 Å². The number of anilines is 4. The summed E-state index contributed by atoms with van der Waals surface area (Å²) in [5, 5.41) is 12.9. The molecule has 1 aliphatic heterocycles. The first kappa shape index (κ1) is 24.1. The summed E-state index contributed by atoms with van der Waals surface area (Å²) in [4.78, 5) is 33.5. The molecule has 180 valence electrons. The largest absolute Gasteiger partial charge is 0.395 e. The molecule has 3 aromatic rings. The zero-order valence-electron chi connectivity index (χ0n) is 20.1. The van der Waals surface area contributed by atoms with Gasteiger partial charge in [-0.2, -0.15) is 0 Å². The van der Waals surface area contributed by atoms with Crippen molar-refractivity contribution in [3.8, 4) is 0 Å². The van der Waals surface area contributed by atoms with E-state index >= 15 is 0 Å². The molecule has 0 aliphatic carbocycles. The Hall–Kier alpha value is -3.08. The highest BCUT2D eigenvalue weighted by molar-refractivity contribution is 7.17. The van der Waals surface area contributed by atoms with E-state index in [9.17, 15) is 4.79 Å². The van der Waals surface area contributed by atoms with Gasteiger partial charge in [0, 0.05) is 51.5 Å². The zero-order chi connectivity index (χ0) is 24.2. The maximum Gasteiger partial charge on any atom is 0.267 e. The number of piperazine rings is 1. The molecule has 4 rings (SSSR count). The van der Waals surface area contributed by atoms with Crippen LogP contribution in [-0.2, 0) is 0 Å². The average molecular weight is 482 g/mol. The van der Waals surface area contributed by atoms with Crippen LogP contribution in [0.1, 0.15) is 26.6 Å². The fraction of sp³-hybridized carbons (Fsp3) is 0.417. The predicted octanol–water partition coefficient (Wildman–Crippen LogP) is 2.99. The van der Waals surface area contributed by atoms with Crippen LogP contribution in [0.2, 0.25) is 0 Å². The Bertz CT molecular complexity index is 1140. The van der Waals surface area contributed by atoms with E-state index in [1.54, 1.807) is 6.20 Å². The third-order valence-corrected chi connectivity index (χ3v) is 7.06. The maximum atomic E-state index is 12.9. The van der Waals surface area contributed by atoms with Crippen LogP contribution in [0.3, 0.4) is 0 Å². The summed E-state index contributed by atoms with van der Waals surface area (Å²) < 4.78 is 0. The highest BCUT2D eigenvalue weighted by atomic mass is 32.1. The number of aliphatic hydroxyl groups is 1. The van der Waals surface area contributed by atoms with Crippen LogP contribution in [0.25, 0.3) is 0 Å². The van der Waals surface area contributed by atoms with Gasteiger partial charge in [-0.25, -0.2) is 15.0 Å². The van der Waals surface area contributed by atoms with Gasteiger partial charge < -0.3 is 20.2 Å².